The molecular weight excluding hydrogens is 188 g/mol. The summed E-state index contributed by atoms with van der Waals surface area (Å²) >= 11 is 0. The van der Waals surface area contributed by atoms with Crippen molar-refractivity contribution >= 4 is 5.69 Å². The predicted molar refractivity (Wildman–Crippen MR) is 58.7 cm³/mol. The van der Waals surface area contributed by atoms with E-state index in [1.165, 1.54) is 11.3 Å². The van der Waals surface area contributed by atoms with Crippen LogP contribution in [0.4, 0.5) is 5.69 Å². The van der Waals surface area contributed by atoms with Gasteiger partial charge in [-0.2, -0.15) is 5.26 Å². The number of ether oxygens (including phenoxy) is 1. The molecule has 1 unspecified atom stereocenters. The Hall–Kier alpha value is -1.53. The van der Waals surface area contributed by atoms with Crippen molar-refractivity contribution in [2.45, 2.75) is 13.0 Å². The van der Waals surface area contributed by atoms with Gasteiger partial charge in [0.05, 0.1) is 19.2 Å². The van der Waals surface area contributed by atoms with Crippen LogP contribution in [0, 0.1) is 18.3 Å². The summed E-state index contributed by atoms with van der Waals surface area (Å²) in [5, 5.41) is 8.82. The minimum Gasteiger partial charge on any atom is -0.365 e. The number of para-hydroxylation sites is 1. The second-order valence-corrected chi connectivity index (χ2v) is 3.72. The second-order valence-electron chi connectivity index (χ2n) is 3.72. The van der Waals surface area contributed by atoms with Crippen molar-refractivity contribution < 1.29 is 4.74 Å². The van der Waals surface area contributed by atoms with Crippen LogP contribution < -0.4 is 4.90 Å². The summed E-state index contributed by atoms with van der Waals surface area (Å²) in [6, 6.07) is 10.4. The van der Waals surface area contributed by atoms with E-state index >= 15 is 0 Å². The van der Waals surface area contributed by atoms with Crippen molar-refractivity contribution in [3.8, 4) is 6.07 Å². The summed E-state index contributed by atoms with van der Waals surface area (Å²) in [6.45, 7) is 4.25. The summed E-state index contributed by atoms with van der Waals surface area (Å²) in [6.07, 6.45) is -0.293. The molecule has 1 aliphatic heterocycles. The average molecular weight is 202 g/mol. The fourth-order valence-corrected chi connectivity index (χ4v) is 1.86. The molecule has 0 aliphatic carbocycles. The first-order valence-electron chi connectivity index (χ1n) is 5.13. The molecule has 15 heavy (non-hydrogen) atoms. The maximum absolute atomic E-state index is 8.82. The molecule has 0 bridgehead atoms. The van der Waals surface area contributed by atoms with Gasteiger partial charge < -0.3 is 9.64 Å². The van der Waals surface area contributed by atoms with Gasteiger partial charge in [0, 0.05) is 12.2 Å². The Balaban J connectivity index is 2.18. The fourth-order valence-electron chi connectivity index (χ4n) is 1.86. The first-order chi connectivity index (χ1) is 7.31. The lowest BCUT2D eigenvalue weighted by Gasteiger charge is -2.32. The van der Waals surface area contributed by atoms with E-state index in [4.69, 9.17) is 10.00 Å². The van der Waals surface area contributed by atoms with E-state index in [-0.39, 0.29) is 6.10 Å². The lowest BCUT2D eigenvalue weighted by atomic mass is 10.1. The zero-order valence-electron chi connectivity index (χ0n) is 8.81. The largest absolute Gasteiger partial charge is 0.365 e. The number of benzene rings is 1. The standard InChI is InChI=1S/C12H14N2O/c1-10-4-2-3-5-12(10)14-6-7-15-11(8-13)9-14/h2-5,11H,6-7,9H2,1H3. The predicted octanol–water partition coefficient (Wildman–Crippen LogP) is 1.72. The first kappa shape index (κ1) is 10.0. The first-order valence-corrected chi connectivity index (χ1v) is 5.13. The molecule has 1 aromatic carbocycles. The van der Waals surface area contributed by atoms with Crippen molar-refractivity contribution in [3.63, 3.8) is 0 Å². The molecular formula is C12H14N2O. The second kappa shape index (κ2) is 4.33. The summed E-state index contributed by atoms with van der Waals surface area (Å²) in [5.41, 5.74) is 2.46. The topological polar surface area (TPSA) is 36.3 Å². The number of morpholine rings is 1. The van der Waals surface area contributed by atoms with Gasteiger partial charge >= 0.3 is 0 Å². The van der Waals surface area contributed by atoms with Crippen molar-refractivity contribution in [2.24, 2.45) is 0 Å². The molecule has 1 atom stereocenters. The van der Waals surface area contributed by atoms with Gasteiger partial charge in [-0.25, -0.2) is 0 Å². The number of hydrogen-bond acceptors (Lipinski definition) is 3. The highest BCUT2D eigenvalue weighted by Crippen LogP contribution is 2.21. The van der Waals surface area contributed by atoms with Gasteiger partial charge in [0.2, 0.25) is 0 Å². The van der Waals surface area contributed by atoms with E-state index in [0.717, 1.165) is 6.54 Å². The third-order valence-corrected chi connectivity index (χ3v) is 2.67. The van der Waals surface area contributed by atoms with Crippen LogP contribution in [0.2, 0.25) is 0 Å². The molecule has 1 heterocycles. The van der Waals surface area contributed by atoms with Crippen LogP contribution in [-0.4, -0.2) is 25.8 Å². The monoisotopic (exact) mass is 202 g/mol. The molecule has 3 heteroatoms. The van der Waals surface area contributed by atoms with E-state index in [1.807, 2.05) is 12.1 Å². The summed E-state index contributed by atoms with van der Waals surface area (Å²) in [7, 11) is 0. The van der Waals surface area contributed by atoms with Gasteiger partial charge in [-0.1, -0.05) is 18.2 Å². The molecule has 0 N–H and O–H groups in total. The third kappa shape index (κ3) is 2.11. The highest BCUT2D eigenvalue weighted by Gasteiger charge is 2.20. The summed E-state index contributed by atoms with van der Waals surface area (Å²) in [5.74, 6) is 0. The zero-order valence-corrected chi connectivity index (χ0v) is 8.81. The van der Waals surface area contributed by atoms with Gasteiger partial charge in [-0.05, 0) is 18.6 Å². The average Bonchev–Trinajstić information content (AvgIpc) is 2.30. The maximum Gasteiger partial charge on any atom is 0.161 e. The molecule has 1 aromatic rings. The van der Waals surface area contributed by atoms with Gasteiger partial charge in [-0.3, -0.25) is 0 Å². The van der Waals surface area contributed by atoms with E-state index in [1.54, 1.807) is 0 Å². The highest BCUT2D eigenvalue weighted by atomic mass is 16.5. The van der Waals surface area contributed by atoms with Crippen molar-refractivity contribution in [1.82, 2.24) is 0 Å². The molecule has 0 aromatic heterocycles. The lowest BCUT2D eigenvalue weighted by molar-refractivity contribution is 0.0764. The van der Waals surface area contributed by atoms with Crippen molar-refractivity contribution in [3.05, 3.63) is 29.8 Å². The van der Waals surface area contributed by atoms with Crippen LogP contribution in [0.3, 0.4) is 0 Å². The van der Waals surface area contributed by atoms with Gasteiger partial charge in [0.1, 0.15) is 0 Å². The van der Waals surface area contributed by atoms with Crippen LogP contribution in [0.1, 0.15) is 5.56 Å². The minimum atomic E-state index is -0.293. The zero-order chi connectivity index (χ0) is 10.7. The van der Waals surface area contributed by atoms with Crippen molar-refractivity contribution in [1.29, 1.82) is 5.26 Å². The number of rotatable bonds is 1. The lowest BCUT2D eigenvalue weighted by Crippen LogP contribution is -2.42. The number of nitriles is 1. The Labute approximate surface area is 89.9 Å². The molecule has 3 nitrogen and oxygen atoms in total. The molecule has 2 rings (SSSR count). The fraction of sp³-hybridized carbons (Fsp3) is 0.417. The van der Waals surface area contributed by atoms with Gasteiger partial charge in [0.25, 0.3) is 0 Å². The molecule has 0 amide bonds. The molecule has 1 saturated heterocycles. The number of nitrogens with zero attached hydrogens (tertiary/aromatic N) is 2. The van der Waals surface area contributed by atoms with E-state index in [2.05, 4.69) is 30.0 Å². The number of aryl methyl sites for hydroxylation is 1. The molecule has 0 radical (unpaired) electrons. The van der Waals surface area contributed by atoms with E-state index < -0.39 is 0 Å². The van der Waals surface area contributed by atoms with Crippen molar-refractivity contribution in [2.75, 3.05) is 24.6 Å². The van der Waals surface area contributed by atoms with Crippen LogP contribution >= 0.6 is 0 Å². The maximum atomic E-state index is 8.82. The number of anilines is 1. The van der Waals surface area contributed by atoms with E-state index in [0.29, 0.717) is 13.2 Å². The molecule has 0 spiro atoms. The number of hydrogen-bond donors (Lipinski definition) is 0. The Morgan fingerprint density at radius 2 is 2.27 bits per heavy atom. The normalized spacial score (nSPS) is 21.1. The van der Waals surface area contributed by atoms with E-state index in [9.17, 15) is 0 Å². The van der Waals surface area contributed by atoms with Crippen LogP contribution in [0.5, 0.6) is 0 Å². The molecule has 0 saturated carbocycles. The summed E-state index contributed by atoms with van der Waals surface area (Å²) < 4.78 is 5.32. The Bertz CT molecular complexity index is 383. The molecule has 1 fully saturated rings. The highest BCUT2D eigenvalue weighted by molar-refractivity contribution is 5.53. The Kier molecular flexibility index (Phi) is 2.89. The Morgan fingerprint density at radius 3 is 3.00 bits per heavy atom. The Morgan fingerprint density at radius 1 is 1.47 bits per heavy atom. The third-order valence-electron chi connectivity index (χ3n) is 2.67. The summed E-state index contributed by atoms with van der Waals surface area (Å²) in [4.78, 5) is 2.22. The van der Waals surface area contributed by atoms with Gasteiger partial charge in [0.15, 0.2) is 6.10 Å². The quantitative estimate of drug-likeness (QED) is 0.695. The SMILES string of the molecule is Cc1ccccc1N1CCOC(C#N)C1. The molecule has 1 aliphatic rings. The van der Waals surface area contributed by atoms with Crippen LogP contribution in [-0.2, 0) is 4.74 Å². The van der Waals surface area contributed by atoms with Gasteiger partial charge in [-0.15, -0.1) is 0 Å². The molecule has 78 valence electrons. The van der Waals surface area contributed by atoms with Crippen LogP contribution in [0.15, 0.2) is 24.3 Å². The smallest absolute Gasteiger partial charge is 0.161 e. The van der Waals surface area contributed by atoms with Crippen LogP contribution in [0.25, 0.3) is 0 Å². The minimum absolute atomic E-state index is 0.293.